The van der Waals surface area contributed by atoms with Crippen LogP contribution in [0.4, 0.5) is 22.0 Å². The van der Waals surface area contributed by atoms with Gasteiger partial charge in [0.05, 0.1) is 22.9 Å². The SMILES string of the molecule is CS(=O)(=O)Nc1cc(C(O)CNCC2CCN(S(=O)(=O)c3ccc(NC(=O)Nc4ccccn4)cc3)CC2)ccc1O. The number of nitrogens with zero attached hydrogens (tertiary/aromatic N) is 2. The molecular formula is C27H34N6O7S2. The lowest BCUT2D eigenvalue weighted by atomic mass is 9.98. The summed E-state index contributed by atoms with van der Waals surface area (Å²) in [6.45, 7) is 1.46. The Morgan fingerprint density at radius 2 is 1.74 bits per heavy atom. The van der Waals surface area contributed by atoms with Crippen molar-refractivity contribution in [3.8, 4) is 5.75 Å². The van der Waals surface area contributed by atoms with Crippen molar-refractivity contribution in [3.63, 3.8) is 0 Å². The van der Waals surface area contributed by atoms with Gasteiger partial charge in [0.15, 0.2) is 0 Å². The van der Waals surface area contributed by atoms with Crippen LogP contribution in [-0.2, 0) is 20.0 Å². The van der Waals surface area contributed by atoms with Crippen molar-refractivity contribution in [2.75, 3.05) is 47.8 Å². The number of phenols is 1. The molecule has 6 N–H and O–H groups in total. The molecule has 1 unspecified atom stereocenters. The van der Waals surface area contributed by atoms with Gasteiger partial charge in [-0.1, -0.05) is 12.1 Å². The highest BCUT2D eigenvalue weighted by Crippen LogP contribution is 2.28. The van der Waals surface area contributed by atoms with Gasteiger partial charge in [0.1, 0.15) is 11.6 Å². The molecule has 13 nitrogen and oxygen atoms in total. The van der Waals surface area contributed by atoms with Gasteiger partial charge in [-0.25, -0.2) is 26.6 Å². The van der Waals surface area contributed by atoms with E-state index in [2.05, 4.69) is 25.7 Å². The summed E-state index contributed by atoms with van der Waals surface area (Å²) in [4.78, 5) is 16.3. The van der Waals surface area contributed by atoms with Crippen LogP contribution in [0.2, 0.25) is 0 Å². The van der Waals surface area contributed by atoms with Crippen LogP contribution < -0.4 is 20.7 Å². The van der Waals surface area contributed by atoms with Crippen molar-refractivity contribution in [3.05, 3.63) is 72.4 Å². The minimum atomic E-state index is -3.70. The monoisotopic (exact) mass is 618 g/mol. The Labute approximate surface area is 245 Å². The Balaban J connectivity index is 1.23. The second-order valence-electron chi connectivity index (χ2n) is 9.99. The quantitative estimate of drug-likeness (QED) is 0.175. The van der Waals surface area contributed by atoms with Gasteiger partial charge < -0.3 is 20.8 Å². The van der Waals surface area contributed by atoms with E-state index in [4.69, 9.17) is 0 Å². The average molecular weight is 619 g/mol. The number of nitrogens with one attached hydrogen (secondary N) is 4. The number of pyridine rings is 1. The fourth-order valence-electron chi connectivity index (χ4n) is 4.51. The number of piperidine rings is 1. The zero-order chi connectivity index (χ0) is 30.3. The normalized spacial score (nSPS) is 15.6. The Morgan fingerprint density at radius 1 is 1.02 bits per heavy atom. The lowest BCUT2D eigenvalue weighted by molar-refractivity contribution is 0.169. The molecule has 1 aromatic heterocycles. The van der Waals surface area contributed by atoms with Crippen LogP contribution in [0.15, 0.2) is 71.8 Å². The summed E-state index contributed by atoms with van der Waals surface area (Å²) < 4.78 is 53.0. The number of aromatic hydroxyl groups is 1. The molecule has 0 saturated carbocycles. The summed E-state index contributed by atoms with van der Waals surface area (Å²) in [5.74, 6) is 0.345. The second-order valence-corrected chi connectivity index (χ2v) is 13.7. The van der Waals surface area contributed by atoms with Gasteiger partial charge in [0.25, 0.3) is 0 Å². The molecule has 42 heavy (non-hydrogen) atoms. The number of hydrogen-bond donors (Lipinski definition) is 6. The number of amides is 2. The predicted molar refractivity (Wildman–Crippen MR) is 159 cm³/mol. The number of aliphatic hydroxyl groups is 1. The highest BCUT2D eigenvalue weighted by molar-refractivity contribution is 7.92. The van der Waals surface area contributed by atoms with Gasteiger partial charge in [-0.3, -0.25) is 10.0 Å². The molecule has 2 amide bonds. The fourth-order valence-corrected chi connectivity index (χ4v) is 6.55. The molecule has 0 spiro atoms. The van der Waals surface area contributed by atoms with E-state index in [9.17, 15) is 31.8 Å². The second kappa shape index (κ2) is 13.5. The van der Waals surface area contributed by atoms with Gasteiger partial charge in [-0.2, -0.15) is 4.31 Å². The van der Waals surface area contributed by atoms with Gasteiger partial charge in [-0.15, -0.1) is 0 Å². The Hall–Kier alpha value is -3.76. The van der Waals surface area contributed by atoms with Gasteiger partial charge in [-0.05, 0) is 79.4 Å². The maximum atomic E-state index is 13.2. The molecule has 2 heterocycles. The molecule has 0 radical (unpaired) electrons. The number of urea groups is 1. The maximum absolute atomic E-state index is 13.2. The first-order valence-corrected chi connectivity index (χ1v) is 16.5. The number of carbonyl (C=O) groups excluding carboxylic acids is 1. The lowest BCUT2D eigenvalue weighted by Crippen LogP contribution is -2.41. The lowest BCUT2D eigenvalue weighted by Gasteiger charge is -2.31. The molecule has 226 valence electrons. The largest absolute Gasteiger partial charge is 0.506 e. The third kappa shape index (κ3) is 8.62. The first-order chi connectivity index (χ1) is 19.9. The van der Waals surface area contributed by atoms with Crippen molar-refractivity contribution in [1.29, 1.82) is 0 Å². The molecular weight excluding hydrogens is 584 g/mol. The van der Waals surface area contributed by atoms with Crippen LogP contribution in [0.25, 0.3) is 0 Å². The number of benzene rings is 2. The number of aliphatic hydroxyl groups excluding tert-OH is 1. The van der Waals surface area contributed by atoms with E-state index in [0.717, 1.165) is 6.26 Å². The van der Waals surface area contributed by atoms with E-state index >= 15 is 0 Å². The van der Waals surface area contributed by atoms with Crippen molar-refractivity contribution in [2.45, 2.75) is 23.8 Å². The van der Waals surface area contributed by atoms with Crippen LogP contribution >= 0.6 is 0 Å². The summed E-state index contributed by atoms with van der Waals surface area (Å²) in [6, 6.07) is 14.8. The topological polar surface area (TPSA) is 190 Å². The summed E-state index contributed by atoms with van der Waals surface area (Å²) in [5.41, 5.74) is 0.853. The zero-order valence-corrected chi connectivity index (χ0v) is 24.5. The molecule has 1 fully saturated rings. The third-order valence-corrected chi connectivity index (χ3v) is 9.20. The van der Waals surface area contributed by atoms with E-state index < -0.39 is 32.2 Å². The minimum Gasteiger partial charge on any atom is -0.506 e. The number of phenolic OH excluding ortho intramolecular Hbond substituents is 1. The van der Waals surface area contributed by atoms with E-state index in [1.165, 1.54) is 46.8 Å². The highest BCUT2D eigenvalue weighted by atomic mass is 32.2. The molecule has 0 aliphatic carbocycles. The van der Waals surface area contributed by atoms with Crippen LogP contribution in [-0.4, -0.2) is 74.8 Å². The summed E-state index contributed by atoms with van der Waals surface area (Å²) in [6.07, 6.45) is 2.85. The van der Waals surface area contributed by atoms with Crippen LogP contribution in [0, 0.1) is 5.92 Å². The molecule has 4 rings (SSSR count). The van der Waals surface area contributed by atoms with Crippen molar-refractivity contribution >= 4 is 43.3 Å². The Morgan fingerprint density at radius 3 is 2.38 bits per heavy atom. The molecule has 2 aromatic carbocycles. The van der Waals surface area contributed by atoms with E-state index in [1.54, 1.807) is 24.4 Å². The van der Waals surface area contributed by atoms with E-state index in [0.29, 0.717) is 49.5 Å². The number of hydrogen-bond acceptors (Lipinski definition) is 9. The molecule has 0 bridgehead atoms. The average Bonchev–Trinajstić information content (AvgIpc) is 2.94. The molecule has 1 atom stereocenters. The number of sulfonamides is 2. The smallest absolute Gasteiger partial charge is 0.324 e. The number of carbonyl (C=O) groups is 1. The van der Waals surface area contributed by atoms with Crippen molar-refractivity contribution in [1.82, 2.24) is 14.6 Å². The van der Waals surface area contributed by atoms with E-state index in [1.807, 2.05) is 0 Å². The molecule has 3 aromatic rings. The molecule has 1 saturated heterocycles. The molecule has 1 aliphatic rings. The first-order valence-electron chi connectivity index (χ1n) is 13.2. The Bertz CT molecular complexity index is 1580. The Kier molecular flexibility index (Phi) is 10.0. The summed E-state index contributed by atoms with van der Waals surface area (Å²) >= 11 is 0. The standard InChI is InChI=1S/C27H34N6O7S2/c1-41(37,38)32-23-16-20(5-10-24(23)34)25(35)18-28-17-19-11-14-33(15-12-19)42(39,40)22-8-6-21(7-9-22)30-27(36)31-26-4-2-3-13-29-26/h2-10,13,16,19,25,28,32,34-35H,11-12,14-15,17-18H2,1H3,(H2,29,30,31,36). The minimum absolute atomic E-state index is 0.0142. The van der Waals surface area contributed by atoms with E-state index in [-0.39, 0.29) is 28.8 Å². The number of anilines is 3. The molecule has 15 heteroatoms. The third-order valence-electron chi connectivity index (χ3n) is 6.70. The summed E-state index contributed by atoms with van der Waals surface area (Å²) in [5, 5.41) is 28.8. The van der Waals surface area contributed by atoms with Gasteiger partial charge in [0, 0.05) is 31.5 Å². The number of rotatable bonds is 11. The zero-order valence-electron chi connectivity index (χ0n) is 22.9. The first kappa shape index (κ1) is 31.2. The van der Waals surface area contributed by atoms with Gasteiger partial charge in [0.2, 0.25) is 20.0 Å². The predicted octanol–water partition coefficient (Wildman–Crippen LogP) is 2.53. The van der Waals surface area contributed by atoms with Gasteiger partial charge >= 0.3 is 6.03 Å². The van der Waals surface area contributed by atoms with Crippen LogP contribution in [0.1, 0.15) is 24.5 Å². The van der Waals surface area contributed by atoms with Crippen molar-refractivity contribution in [2.24, 2.45) is 5.92 Å². The maximum Gasteiger partial charge on any atom is 0.324 e. The molecule has 1 aliphatic heterocycles. The van der Waals surface area contributed by atoms with Crippen LogP contribution in [0.5, 0.6) is 5.75 Å². The van der Waals surface area contributed by atoms with Crippen LogP contribution in [0.3, 0.4) is 0 Å². The fraction of sp³-hybridized carbons (Fsp3) is 0.333. The number of aromatic nitrogens is 1. The summed E-state index contributed by atoms with van der Waals surface area (Å²) in [7, 11) is -7.30. The van der Waals surface area contributed by atoms with Crippen molar-refractivity contribution < 1.29 is 31.8 Å². The highest BCUT2D eigenvalue weighted by Gasteiger charge is 2.29.